The third-order valence-corrected chi connectivity index (χ3v) is 3.75. The van der Waals surface area contributed by atoms with E-state index in [0.29, 0.717) is 5.92 Å². The maximum Gasteiger partial charge on any atom is 0.159 e. The Morgan fingerprint density at radius 2 is 1.70 bits per heavy atom. The summed E-state index contributed by atoms with van der Waals surface area (Å²) in [7, 11) is 1.95. The van der Waals surface area contributed by atoms with Gasteiger partial charge in [0.05, 0.1) is 0 Å². The van der Waals surface area contributed by atoms with Crippen LogP contribution in [0.1, 0.15) is 49.6 Å². The van der Waals surface area contributed by atoms with Crippen molar-refractivity contribution in [3.8, 4) is 11.4 Å². The Morgan fingerprint density at radius 3 is 2.20 bits per heavy atom. The number of aryl methyl sites for hydroxylation is 1. The number of aromatic nitrogens is 2. The molecule has 0 aliphatic rings. The van der Waals surface area contributed by atoms with Gasteiger partial charge in [0.2, 0.25) is 0 Å². The molecule has 3 heteroatoms. The van der Waals surface area contributed by atoms with Gasteiger partial charge < -0.3 is 5.32 Å². The molecule has 1 N–H and O–H groups in total. The molecule has 1 atom stereocenters. The first-order chi connectivity index (χ1) is 9.52. The van der Waals surface area contributed by atoms with Gasteiger partial charge >= 0.3 is 0 Å². The van der Waals surface area contributed by atoms with Gasteiger partial charge in [-0.2, -0.15) is 0 Å². The standard InChI is InChI=1S/C17H23N3/c1-11(2)14-6-8-15(9-7-14)17-19-10-16(12(3)18-5)13(4)20-17/h6-12,18H,1-5H3. The number of nitrogens with zero attached hydrogens (tertiary/aromatic N) is 2. The summed E-state index contributed by atoms with van der Waals surface area (Å²) in [4.78, 5) is 9.14. The lowest BCUT2D eigenvalue weighted by Gasteiger charge is -2.13. The molecule has 0 radical (unpaired) electrons. The van der Waals surface area contributed by atoms with Crippen molar-refractivity contribution in [1.29, 1.82) is 0 Å². The Morgan fingerprint density at radius 1 is 1.05 bits per heavy atom. The van der Waals surface area contributed by atoms with Crippen LogP contribution in [-0.4, -0.2) is 17.0 Å². The van der Waals surface area contributed by atoms with Gasteiger partial charge in [-0.3, -0.25) is 0 Å². The highest BCUT2D eigenvalue weighted by atomic mass is 14.9. The molecule has 20 heavy (non-hydrogen) atoms. The zero-order chi connectivity index (χ0) is 14.7. The highest BCUT2D eigenvalue weighted by Crippen LogP contribution is 2.22. The Balaban J connectivity index is 2.31. The fourth-order valence-corrected chi connectivity index (χ4v) is 2.21. The summed E-state index contributed by atoms with van der Waals surface area (Å²) in [6.45, 7) is 8.55. The van der Waals surface area contributed by atoms with E-state index in [1.165, 1.54) is 5.56 Å². The predicted molar refractivity (Wildman–Crippen MR) is 83.8 cm³/mol. The van der Waals surface area contributed by atoms with E-state index in [1.54, 1.807) is 0 Å². The minimum atomic E-state index is 0.271. The van der Waals surface area contributed by atoms with Crippen LogP contribution in [-0.2, 0) is 0 Å². The molecule has 0 saturated carbocycles. The second-order valence-corrected chi connectivity index (χ2v) is 5.52. The Labute approximate surface area is 121 Å². The monoisotopic (exact) mass is 269 g/mol. The van der Waals surface area contributed by atoms with Crippen molar-refractivity contribution >= 4 is 0 Å². The van der Waals surface area contributed by atoms with E-state index in [1.807, 2.05) is 20.2 Å². The first kappa shape index (κ1) is 14.7. The third-order valence-electron chi connectivity index (χ3n) is 3.75. The van der Waals surface area contributed by atoms with Crippen molar-refractivity contribution in [3.05, 3.63) is 47.3 Å². The smallest absolute Gasteiger partial charge is 0.159 e. The molecule has 2 rings (SSSR count). The fraction of sp³-hybridized carbons (Fsp3) is 0.412. The molecule has 1 heterocycles. The van der Waals surface area contributed by atoms with E-state index >= 15 is 0 Å². The summed E-state index contributed by atoms with van der Waals surface area (Å²) >= 11 is 0. The molecular formula is C17H23N3. The Hall–Kier alpha value is -1.74. The molecule has 1 unspecified atom stereocenters. The van der Waals surface area contributed by atoms with Crippen LogP contribution in [0, 0.1) is 6.92 Å². The number of hydrogen-bond acceptors (Lipinski definition) is 3. The van der Waals surface area contributed by atoms with Crippen LogP contribution >= 0.6 is 0 Å². The number of benzene rings is 1. The Bertz CT molecular complexity index is 573. The molecule has 0 amide bonds. The lowest BCUT2D eigenvalue weighted by Crippen LogP contribution is -2.14. The van der Waals surface area contributed by atoms with Crippen molar-refractivity contribution in [1.82, 2.24) is 15.3 Å². The number of nitrogens with one attached hydrogen (secondary N) is 1. The van der Waals surface area contributed by atoms with Crippen LogP contribution in [0.2, 0.25) is 0 Å². The third kappa shape index (κ3) is 3.05. The average molecular weight is 269 g/mol. The second kappa shape index (κ2) is 6.14. The van der Waals surface area contributed by atoms with Gasteiger partial charge in [-0.15, -0.1) is 0 Å². The summed E-state index contributed by atoms with van der Waals surface area (Å²) in [5, 5.41) is 3.22. The first-order valence-electron chi connectivity index (χ1n) is 7.14. The van der Waals surface area contributed by atoms with Gasteiger partial charge in [-0.05, 0) is 32.4 Å². The van der Waals surface area contributed by atoms with Crippen molar-refractivity contribution in [2.45, 2.75) is 39.7 Å². The molecule has 0 aliphatic heterocycles. The van der Waals surface area contributed by atoms with E-state index in [2.05, 4.69) is 60.3 Å². The fourth-order valence-electron chi connectivity index (χ4n) is 2.21. The lowest BCUT2D eigenvalue weighted by molar-refractivity contribution is 0.641. The predicted octanol–water partition coefficient (Wildman–Crippen LogP) is 3.86. The van der Waals surface area contributed by atoms with E-state index in [4.69, 9.17) is 0 Å². The SMILES string of the molecule is CNC(C)c1cnc(-c2ccc(C(C)C)cc2)nc1C. The average Bonchev–Trinajstić information content (AvgIpc) is 2.46. The highest BCUT2D eigenvalue weighted by molar-refractivity contribution is 5.55. The molecule has 0 aliphatic carbocycles. The van der Waals surface area contributed by atoms with Crippen molar-refractivity contribution in [2.24, 2.45) is 0 Å². The van der Waals surface area contributed by atoms with Crippen molar-refractivity contribution in [3.63, 3.8) is 0 Å². The number of hydrogen-bond donors (Lipinski definition) is 1. The molecule has 0 spiro atoms. The molecule has 0 bridgehead atoms. The van der Waals surface area contributed by atoms with Crippen LogP contribution in [0.25, 0.3) is 11.4 Å². The first-order valence-corrected chi connectivity index (χ1v) is 7.14. The van der Waals surface area contributed by atoms with Crippen LogP contribution in [0.5, 0.6) is 0 Å². The lowest BCUT2D eigenvalue weighted by atomic mass is 10.0. The van der Waals surface area contributed by atoms with Crippen LogP contribution < -0.4 is 5.32 Å². The summed E-state index contributed by atoms with van der Waals surface area (Å²) < 4.78 is 0. The minimum Gasteiger partial charge on any atom is -0.313 e. The van der Waals surface area contributed by atoms with E-state index in [0.717, 1.165) is 22.6 Å². The normalized spacial score (nSPS) is 12.7. The van der Waals surface area contributed by atoms with Crippen LogP contribution in [0.15, 0.2) is 30.5 Å². The topological polar surface area (TPSA) is 37.8 Å². The van der Waals surface area contributed by atoms with Gasteiger partial charge in [0.25, 0.3) is 0 Å². The quantitative estimate of drug-likeness (QED) is 0.916. The molecular weight excluding hydrogens is 246 g/mol. The Kier molecular flexibility index (Phi) is 4.50. The molecule has 0 saturated heterocycles. The van der Waals surface area contributed by atoms with E-state index in [9.17, 15) is 0 Å². The van der Waals surface area contributed by atoms with Crippen molar-refractivity contribution in [2.75, 3.05) is 7.05 Å². The molecule has 0 fully saturated rings. The van der Waals surface area contributed by atoms with Gasteiger partial charge in [0, 0.05) is 29.1 Å². The molecule has 1 aromatic heterocycles. The summed E-state index contributed by atoms with van der Waals surface area (Å²) in [5.41, 5.74) is 4.59. The summed E-state index contributed by atoms with van der Waals surface area (Å²) in [6, 6.07) is 8.79. The highest BCUT2D eigenvalue weighted by Gasteiger charge is 2.10. The van der Waals surface area contributed by atoms with Crippen LogP contribution in [0.3, 0.4) is 0 Å². The van der Waals surface area contributed by atoms with Gasteiger partial charge in [0.15, 0.2) is 5.82 Å². The van der Waals surface area contributed by atoms with Crippen LogP contribution in [0.4, 0.5) is 0 Å². The van der Waals surface area contributed by atoms with Gasteiger partial charge in [0.1, 0.15) is 0 Å². The zero-order valence-electron chi connectivity index (χ0n) is 12.9. The maximum atomic E-state index is 4.64. The van der Waals surface area contributed by atoms with E-state index in [-0.39, 0.29) is 6.04 Å². The molecule has 2 aromatic rings. The largest absolute Gasteiger partial charge is 0.313 e. The summed E-state index contributed by atoms with van der Waals surface area (Å²) in [6.07, 6.45) is 1.93. The van der Waals surface area contributed by atoms with Crippen molar-refractivity contribution < 1.29 is 0 Å². The second-order valence-electron chi connectivity index (χ2n) is 5.52. The molecule has 106 valence electrons. The maximum absolute atomic E-state index is 4.64. The zero-order valence-corrected chi connectivity index (χ0v) is 12.9. The minimum absolute atomic E-state index is 0.271. The molecule has 1 aromatic carbocycles. The number of rotatable bonds is 4. The molecule has 3 nitrogen and oxygen atoms in total. The van der Waals surface area contributed by atoms with Gasteiger partial charge in [-0.25, -0.2) is 9.97 Å². The van der Waals surface area contributed by atoms with Gasteiger partial charge in [-0.1, -0.05) is 38.1 Å². The van der Waals surface area contributed by atoms with E-state index < -0.39 is 0 Å². The summed E-state index contributed by atoms with van der Waals surface area (Å²) in [5.74, 6) is 1.34.